The number of carbonyl (C=O) groups is 3. The van der Waals surface area contributed by atoms with Crippen molar-refractivity contribution in [1.82, 2.24) is 15.7 Å². The minimum Gasteiger partial charge on any atom is -0.391 e. The highest BCUT2D eigenvalue weighted by Gasteiger charge is 2.26. The van der Waals surface area contributed by atoms with E-state index in [-0.39, 0.29) is 18.2 Å². The Balaban J connectivity index is 1.99. The molecule has 4 amide bonds. The molecule has 0 saturated carbocycles. The highest BCUT2D eigenvalue weighted by Crippen LogP contribution is 2.20. The first-order valence-electron chi connectivity index (χ1n) is 9.94. The molecule has 9 heteroatoms. The summed E-state index contributed by atoms with van der Waals surface area (Å²) in [4.78, 5) is 35.6. The molecule has 2 aromatic carbocycles. The largest absolute Gasteiger partial charge is 0.391 e. The van der Waals surface area contributed by atoms with Gasteiger partial charge in [-0.05, 0) is 42.2 Å². The summed E-state index contributed by atoms with van der Waals surface area (Å²) in [7, 11) is 0. The molecule has 166 valence electrons. The Hall–Kier alpha value is -3.43. The van der Waals surface area contributed by atoms with Gasteiger partial charge < -0.3 is 21.5 Å². The van der Waals surface area contributed by atoms with Gasteiger partial charge in [-0.1, -0.05) is 43.3 Å². The summed E-state index contributed by atoms with van der Waals surface area (Å²) in [6, 6.07) is 12.8. The van der Waals surface area contributed by atoms with Gasteiger partial charge >= 0.3 is 6.03 Å². The number of aliphatic hydroxyl groups excluding tert-OH is 1. The first-order valence-corrected chi connectivity index (χ1v) is 9.94. The highest BCUT2D eigenvalue weighted by molar-refractivity contribution is 5.98. The van der Waals surface area contributed by atoms with Gasteiger partial charge in [-0.2, -0.15) is 0 Å². The van der Waals surface area contributed by atoms with E-state index in [4.69, 9.17) is 5.73 Å². The smallest absolute Gasteiger partial charge is 0.338 e. The first-order chi connectivity index (χ1) is 14.7. The first kappa shape index (κ1) is 23.8. The summed E-state index contributed by atoms with van der Waals surface area (Å²) in [5, 5.41) is 24.3. The zero-order chi connectivity index (χ0) is 23.0. The Morgan fingerprint density at radius 3 is 2.06 bits per heavy atom. The fraction of sp³-hybridized carbons (Fsp3) is 0.318. The van der Waals surface area contributed by atoms with E-state index in [1.165, 1.54) is 12.5 Å². The van der Waals surface area contributed by atoms with E-state index in [1.54, 1.807) is 12.1 Å². The average Bonchev–Trinajstić information content (AvgIpc) is 2.76. The van der Waals surface area contributed by atoms with Crippen LogP contribution in [0.25, 0.3) is 11.1 Å². The van der Waals surface area contributed by atoms with Crippen molar-refractivity contribution < 1.29 is 24.7 Å². The quantitative estimate of drug-likeness (QED) is 0.302. The molecule has 0 saturated heterocycles. The Morgan fingerprint density at radius 2 is 1.58 bits per heavy atom. The number of aliphatic hydroxyl groups is 1. The zero-order valence-corrected chi connectivity index (χ0v) is 17.5. The van der Waals surface area contributed by atoms with Crippen molar-refractivity contribution in [2.24, 2.45) is 5.73 Å². The molecule has 0 aliphatic heterocycles. The number of carbonyl (C=O) groups excluding carboxylic acids is 3. The minimum absolute atomic E-state index is 0.108. The third-order valence-electron chi connectivity index (χ3n) is 4.77. The number of primary amides is 1. The highest BCUT2D eigenvalue weighted by atomic mass is 16.5. The zero-order valence-electron chi connectivity index (χ0n) is 17.5. The molecule has 2 rings (SSSR count). The van der Waals surface area contributed by atoms with Crippen LogP contribution in [0.4, 0.5) is 4.79 Å². The van der Waals surface area contributed by atoms with Gasteiger partial charge in [0, 0.05) is 12.1 Å². The molecule has 0 aromatic heterocycles. The Morgan fingerprint density at radius 1 is 1.03 bits per heavy atom. The van der Waals surface area contributed by atoms with Crippen LogP contribution in [0.15, 0.2) is 48.5 Å². The number of hydroxylamine groups is 2. The second-order valence-corrected chi connectivity index (χ2v) is 7.07. The summed E-state index contributed by atoms with van der Waals surface area (Å²) in [6.07, 6.45) is -0.206. The summed E-state index contributed by atoms with van der Waals surface area (Å²) < 4.78 is 0. The number of nitrogens with two attached hydrogens (primary N) is 1. The molecule has 2 aromatic rings. The Bertz CT molecular complexity index is 897. The minimum atomic E-state index is -1.21. The van der Waals surface area contributed by atoms with Crippen molar-refractivity contribution in [2.45, 2.75) is 32.4 Å². The molecule has 2 atom stereocenters. The molecule has 0 aliphatic rings. The number of benzene rings is 2. The number of nitrogens with zero attached hydrogens (tertiary/aromatic N) is 1. The van der Waals surface area contributed by atoms with Crippen LogP contribution in [0.2, 0.25) is 0 Å². The van der Waals surface area contributed by atoms with Crippen molar-refractivity contribution >= 4 is 17.8 Å². The number of rotatable bonds is 9. The third-order valence-corrected chi connectivity index (χ3v) is 4.77. The fourth-order valence-corrected chi connectivity index (χ4v) is 2.88. The molecule has 0 radical (unpaired) electrons. The molecule has 0 unspecified atom stereocenters. The number of amides is 4. The van der Waals surface area contributed by atoms with Crippen LogP contribution in [-0.4, -0.2) is 58.5 Å². The molecule has 0 heterocycles. The van der Waals surface area contributed by atoms with E-state index < -0.39 is 30.0 Å². The van der Waals surface area contributed by atoms with Crippen LogP contribution in [0.5, 0.6) is 0 Å². The molecule has 31 heavy (non-hydrogen) atoms. The van der Waals surface area contributed by atoms with Gasteiger partial charge in [0.05, 0.1) is 12.6 Å². The van der Waals surface area contributed by atoms with E-state index in [0.717, 1.165) is 17.5 Å². The lowest BCUT2D eigenvalue weighted by molar-refractivity contribution is -0.125. The molecular weight excluding hydrogens is 400 g/mol. The lowest BCUT2D eigenvalue weighted by atomic mass is 10.0. The molecule has 0 fully saturated rings. The lowest BCUT2D eigenvalue weighted by Gasteiger charge is -2.21. The Labute approximate surface area is 180 Å². The van der Waals surface area contributed by atoms with Crippen molar-refractivity contribution in [3.05, 3.63) is 59.7 Å². The standard InChI is InChI=1S/C22H28N4O5/c1-3-15-4-6-16(7-5-15)17-8-10-18(11-9-17)20(28)25-19(14(2)27)21(29)24-12-13-26(31)22(23)30/h4-11,14,19,27,31H,3,12-13H2,1-2H3,(H2,23,30)(H,24,29)(H,25,28)/t14-,19+/m1/s1. The third kappa shape index (κ3) is 6.80. The second kappa shape index (κ2) is 11.1. The van der Waals surface area contributed by atoms with Crippen LogP contribution in [0.3, 0.4) is 0 Å². The molecule has 0 spiro atoms. The summed E-state index contributed by atoms with van der Waals surface area (Å²) in [5.74, 6) is -1.18. The molecule has 0 aliphatic carbocycles. The maximum absolute atomic E-state index is 12.6. The van der Waals surface area contributed by atoms with Gasteiger partial charge in [-0.15, -0.1) is 0 Å². The van der Waals surface area contributed by atoms with Crippen LogP contribution >= 0.6 is 0 Å². The number of urea groups is 1. The SMILES string of the molecule is CCc1ccc(-c2ccc(C(=O)N[C@H](C(=O)NCCN(O)C(N)=O)[C@@H](C)O)cc2)cc1. The van der Waals surface area contributed by atoms with Gasteiger partial charge in [0.2, 0.25) is 5.91 Å². The maximum atomic E-state index is 12.6. The molecule has 0 bridgehead atoms. The predicted octanol–water partition coefficient (Wildman–Crippen LogP) is 1.28. The van der Waals surface area contributed by atoms with E-state index in [2.05, 4.69) is 29.7 Å². The van der Waals surface area contributed by atoms with E-state index in [9.17, 15) is 24.7 Å². The fourth-order valence-electron chi connectivity index (χ4n) is 2.88. The van der Waals surface area contributed by atoms with Crippen LogP contribution in [0.1, 0.15) is 29.8 Å². The lowest BCUT2D eigenvalue weighted by Crippen LogP contribution is -2.53. The second-order valence-electron chi connectivity index (χ2n) is 7.07. The van der Waals surface area contributed by atoms with Gasteiger partial charge in [-0.3, -0.25) is 14.8 Å². The topological polar surface area (TPSA) is 145 Å². The van der Waals surface area contributed by atoms with E-state index in [0.29, 0.717) is 5.56 Å². The summed E-state index contributed by atoms with van der Waals surface area (Å²) >= 11 is 0. The Kier molecular flexibility index (Phi) is 8.53. The summed E-state index contributed by atoms with van der Waals surface area (Å²) in [6.45, 7) is 3.12. The van der Waals surface area contributed by atoms with Gasteiger partial charge in [0.25, 0.3) is 5.91 Å². The number of aryl methyl sites for hydroxylation is 1. The maximum Gasteiger partial charge on any atom is 0.338 e. The van der Waals surface area contributed by atoms with Crippen LogP contribution < -0.4 is 16.4 Å². The van der Waals surface area contributed by atoms with Gasteiger partial charge in [0.1, 0.15) is 6.04 Å². The van der Waals surface area contributed by atoms with Gasteiger partial charge in [0.15, 0.2) is 0 Å². The number of nitrogens with one attached hydrogen (secondary N) is 2. The van der Waals surface area contributed by atoms with Gasteiger partial charge in [-0.25, -0.2) is 9.86 Å². The molecular formula is C22H28N4O5. The number of hydrogen-bond acceptors (Lipinski definition) is 5. The van der Waals surface area contributed by atoms with E-state index >= 15 is 0 Å². The van der Waals surface area contributed by atoms with E-state index in [1.807, 2.05) is 24.3 Å². The van der Waals surface area contributed by atoms with Crippen molar-refractivity contribution in [3.63, 3.8) is 0 Å². The monoisotopic (exact) mass is 428 g/mol. The van der Waals surface area contributed by atoms with Crippen LogP contribution in [0, 0.1) is 0 Å². The van der Waals surface area contributed by atoms with Crippen LogP contribution in [-0.2, 0) is 11.2 Å². The van der Waals surface area contributed by atoms with Crippen molar-refractivity contribution in [1.29, 1.82) is 0 Å². The average molecular weight is 428 g/mol. The normalized spacial score (nSPS) is 12.5. The number of hydrogen-bond donors (Lipinski definition) is 5. The molecule has 9 nitrogen and oxygen atoms in total. The van der Waals surface area contributed by atoms with Crippen molar-refractivity contribution in [2.75, 3.05) is 13.1 Å². The van der Waals surface area contributed by atoms with Crippen molar-refractivity contribution in [3.8, 4) is 11.1 Å². The predicted molar refractivity (Wildman–Crippen MR) is 115 cm³/mol. The molecule has 6 N–H and O–H groups in total. The summed E-state index contributed by atoms with van der Waals surface area (Å²) in [5.41, 5.74) is 8.43.